The highest BCUT2D eigenvalue weighted by Crippen LogP contribution is 2.25. The van der Waals surface area contributed by atoms with Crippen LogP contribution in [0.1, 0.15) is 26.2 Å². The van der Waals surface area contributed by atoms with E-state index in [2.05, 4.69) is 0 Å². The average Bonchev–Trinajstić information content (AvgIpc) is 2.64. The molecule has 16 heavy (non-hydrogen) atoms. The molecular formula is C12H20N2O2. The van der Waals surface area contributed by atoms with Gasteiger partial charge in [0.05, 0.1) is 11.5 Å². The Morgan fingerprint density at radius 2 is 2.06 bits per heavy atom. The SMILES string of the molecule is CC1(O)CCN(C(=O)C2C=CC(N)C2)CC1. The van der Waals surface area contributed by atoms with Crippen molar-refractivity contribution in [1.29, 1.82) is 0 Å². The van der Waals surface area contributed by atoms with E-state index < -0.39 is 5.60 Å². The molecule has 3 N–H and O–H groups in total. The number of piperidine rings is 1. The number of carbonyl (C=O) groups is 1. The van der Waals surface area contributed by atoms with Crippen LogP contribution in [0.3, 0.4) is 0 Å². The van der Waals surface area contributed by atoms with Gasteiger partial charge in [-0.3, -0.25) is 4.79 Å². The van der Waals surface area contributed by atoms with Gasteiger partial charge in [-0.05, 0) is 26.2 Å². The van der Waals surface area contributed by atoms with Gasteiger partial charge in [-0.2, -0.15) is 0 Å². The Kier molecular flexibility index (Phi) is 3.04. The van der Waals surface area contributed by atoms with Gasteiger partial charge in [-0.25, -0.2) is 0 Å². The first-order chi connectivity index (χ1) is 7.48. The van der Waals surface area contributed by atoms with Crippen molar-refractivity contribution in [3.05, 3.63) is 12.2 Å². The first-order valence-electron chi connectivity index (χ1n) is 5.93. The topological polar surface area (TPSA) is 66.6 Å². The molecule has 0 radical (unpaired) electrons. The largest absolute Gasteiger partial charge is 0.390 e. The van der Waals surface area contributed by atoms with Crippen LogP contribution in [0.2, 0.25) is 0 Å². The van der Waals surface area contributed by atoms with Gasteiger partial charge < -0.3 is 15.7 Å². The molecular weight excluding hydrogens is 204 g/mol. The number of hydrogen-bond acceptors (Lipinski definition) is 3. The fraction of sp³-hybridized carbons (Fsp3) is 0.750. The normalized spacial score (nSPS) is 33.1. The van der Waals surface area contributed by atoms with E-state index in [1.807, 2.05) is 24.0 Å². The molecule has 2 unspecified atom stereocenters. The molecule has 0 spiro atoms. The summed E-state index contributed by atoms with van der Waals surface area (Å²) in [5.41, 5.74) is 5.14. The molecule has 1 heterocycles. The lowest BCUT2D eigenvalue weighted by molar-refractivity contribution is -0.137. The van der Waals surface area contributed by atoms with Crippen molar-refractivity contribution in [3.63, 3.8) is 0 Å². The van der Waals surface area contributed by atoms with Crippen molar-refractivity contribution in [2.24, 2.45) is 11.7 Å². The highest BCUT2D eigenvalue weighted by molar-refractivity contribution is 5.81. The summed E-state index contributed by atoms with van der Waals surface area (Å²) in [5.74, 6) is 0.123. The molecule has 1 fully saturated rings. The Hall–Kier alpha value is -0.870. The Labute approximate surface area is 96.1 Å². The maximum absolute atomic E-state index is 12.1. The average molecular weight is 224 g/mol. The summed E-state index contributed by atoms with van der Waals surface area (Å²) in [4.78, 5) is 13.9. The van der Waals surface area contributed by atoms with Crippen molar-refractivity contribution in [2.75, 3.05) is 13.1 Å². The lowest BCUT2D eigenvalue weighted by Gasteiger charge is -2.36. The summed E-state index contributed by atoms with van der Waals surface area (Å²) in [6.07, 6.45) is 5.89. The van der Waals surface area contributed by atoms with Crippen LogP contribution < -0.4 is 5.73 Å². The van der Waals surface area contributed by atoms with Crippen molar-refractivity contribution >= 4 is 5.91 Å². The monoisotopic (exact) mass is 224 g/mol. The molecule has 1 aliphatic heterocycles. The number of carbonyl (C=O) groups excluding carboxylic acids is 1. The van der Waals surface area contributed by atoms with E-state index in [0.29, 0.717) is 25.9 Å². The van der Waals surface area contributed by atoms with Crippen LogP contribution in [0.5, 0.6) is 0 Å². The molecule has 2 aliphatic rings. The molecule has 0 saturated carbocycles. The molecule has 0 bridgehead atoms. The Balaban J connectivity index is 1.90. The molecule has 1 saturated heterocycles. The number of rotatable bonds is 1. The summed E-state index contributed by atoms with van der Waals surface area (Å²) >= 11 is 0. The van der Waals surface area contributed by atoms with Crippen LogP contribution in [-0.4, -0.2) is 40.6 Å². The van der Waals surface area contributed by atoms with Gasteiger partial charge in [0.1, 0.15) is 0 Å². The maximum atomic E-state index is 12.1. The minimum Gasteiger partial charge on any atom is -0.390 e. The van der Waals surface area contributed by atoms with E-state index >= 15 is 0 Å². The molecule has 0 aromatic heterocycles. The summed E-state index contributed by atoms with van der Waals surface area (Å²) in [6.45, 7) is 3.15. The summed E-state index contributed by atoms with van der Waals surface area (Å²) in [5, 5.41) is 9.81. The van der Waals surface area contributed by atoms with Gasteiger partial charge in [-0.15, -0.1) is 0 Å². The Morgan fingerprint density at radius 1 is 1.44 bits per heavy atom. The second-order valence-electron chi connectivity index (χ2n) is 5.21. The van der Waals surface area contributed by atoms with Gasteiger partial charge in [0.15, 0.2) is 0 Å². The quantitative estimate of drug-likeness (QED) is 0.628. The van der Waals surface area contributed by atoms with E-state index in [9.17, 15) is 9.90 Å². The zero-order valence-electron chi connectivity index (χ0n) is 9.72. The van der Waals surface area contributed by atoms with E-state index in [1.165, 1.54) is 0 Å². The maximum Gasteiger partial charge on any atom is 0.229 e. The first kappa shape index (κ1) is 11.6. The number of likely N-dealkylation sites (tertiary alicyclic amines) is 1. The van der Waals surface area contributed by atoms with E-state index in [-0.39, 0.29) is 17.9 Å². The third-order valence-corrected chi connectivity index (χ3v) is 3.59. The van der Waals surface area contributed by atoms with Crippen LogP contribution in [0.4, 0.5) is 0 Å². The van der Waals surface area contributed by atoms with Crippen molar-refractivity contribution in [2.45, 2.75) is 37.8 Å². The van der Waals surface area contributed by atoms with E-state index in [1.54, 1.807) is 0 Å². The number of amides is 1. The number of hydrogen-bond donors (Lipinski definition) is 2. The second kappa shape index (κ2) is 4.18. The highest BCUT2D eigenvalue weighted by atomic mass is 16.3. The zero-order chi connectivity index (χ0) is 11.8. The molecule has 2 atom stereocenters. The predicted molar refractivity (Wildman–Crippen MR) is 61.7 cm³/mol. The lowest BCUT2D eigenvalue weighted by Crippen LogP contribution is -2.46. The van der Waals surface area contributed by atoms with Gasteiger partial charge >= 0.3 is 0 Å². The van der Waals surface area contributed by atoms with Crippen molar-refractivity contribution < 1.29 is 9.90 Å². The molecule has 90 valence electrons. The van der Waals surface area contributed by atoms with Crippen molar-refractivity contribution in [3.8, 4) is 0 Å². The molecule has 1 amide bonds. The fourth-order valence-corrected chi connectivity index (χ4v) is 2.35. The van der Waals surface area contributed by atoms with E-state index in [4.69, 9.17) is 5.73 Å². The molecule has 1 aliphatic carbocycles. The van der Waals surface area contributed by atoms with Crippen LogP contribution in [0.15, 0.2) is 12.2 Å². The summed E-state index contributed by atoms with van der Waals surface area (Å²) in [7, 11) is 0. The van der Waals surface area contributed by atoms with Crippen LogP contribution >= 0.6 is 0 Å². The molecule has 4 nitrogen and oxygen atoms in total. The molecule has 0 aromatic rings. The number of nitrogens with zero attached hydrogens (tertiary/aromatic N) is 1. The van der Waals surface area contributed by atoms with Crippen LogP contribution in [0.25, 0.3) is 0 Å². The minimum absolute atomic E-state index is 0.0295. The highest BCUT2D eigenvalue weighted by Gasteiger charge is 2.33. The van der Waals surface area contributed by atoms with Gasteiger partial charge in [0.25, 0.3) is 0 Å². The summed E-state index contributed by atoms with van der Waals surface area (Å²) < 4.78 is 0. The molecule has 4 heteroatoms. The van der Waals surface area contributed by atoms with Crippen molar-refractivity contribution in [1.82, 2.24) is 4.90 Å². The number of nitrogens with two attached hydrogens (primary N) is 1. The Bertz CT molecular complexity index is 302. The third-order valence-electron chi connectivity index (χ3n) is 3.59. The van der Waals surface area contributed by atoms with Gasteiger partial charge in [-0.1, -0.05) is 12.2 Å². The van der Waals surface area contributed by atoms with Crippen LogP contribution in [-0.2, 0) is 4.79 Å². The zero-order valence-corrected chi connectivity index (χ0v) is 9.72. The third kappa shape index (κ3) is 2.44. The molecule has 0 aromatic carbocycles. The summed E-state index contributed by atoms with van der Waals surface area (Å²) in [6, 6.07) is 0.0295. The van der Waals surface area contributed by atoms with E-state index in [0.717, 1.165) is 6.42 Å². The number of aliphatic hydroxyl groups is 1. The standard InChI is InChI=1S/C12H20N2O2/c1-12(16)4-6-14(7-5-12)11(15)9-2-3-10(13)8-9/h2-3,9-10,16H,4-8,13H2,1H3. The van der Waals surface area contributed by atoms with Gasteiger partial charge in [0, 0.05) is 19.1 Å². The smallest absolute Gasteiger partial charge is 0.229 e. The lowest BCUT2D eigenvalue weighted by atomic mass is 9.93. The molecule has 2 rings (SSSR count). The second-order valence-corrected chi connectivity index (χ2v) is 5.21. The van der Waals surface area contributed by atoms with Gasteiger partial charge in [0.2, 0.25) is 5.91 Å². The minimum atomic E-state index is -0.599. The predicted octanol–water partition coefficient (Wildman–Crippen LogP) is 0.263. The van der Waals surface area contributed by atoms with Crippen LogP contribution in [0, 0.1) is 5.92 Å². The Morgan fingerprint density at radius 3 is 2.56 bits per heavy atom. The fourth-order valence-electron chi connectivity index (χ4n) is 2.35. The first-order valence-corrected chi connectivity index (χ1v) is 5.93.